The first-order valence-corrected chi connectivity index (χ1v) is 7.65. The van der Waals surface area contributed by atoms with E-state index < -0.39 is 20.8 Å². The van der Waals surface area contributed by atoms with Gasteiger partial charge in [0.25, 0.3) is 10.1 Å². The molecule has 0 aliphatic heterocycles. The minimum atomic E-state index is -4.17. The van der Waals surface area contributed by atoms with Crippen molar-refractivity contribution in [2.24, 2.45) is 5.41 Å². The van der Waals surface area contributed by atoms with E-state index in [0.717, 1.165) is 10.8 Å². The zero-order valence-corrected chi connectivity index (χ0v) is 12.1. The van der Waals surface area contributed by atoms with Gasteiger partial charge in [0.15, 0.2) is 0 Å². The minimum Gasteiger partial charge on any atom is -0.285 e. The Kier molecular flexibility index (Phi) is 3.41. The summed E-state index contributed by atoms with van der Waals surface area (Å²) >= 11 is 0. The summed E-state index contributed by atoms with van der Waals surface area (Å²) in [6.07, 6.45) is 0. The molecule has 0 heterocycles. The molecule has 0 amide bonds. The number of rotatable bonds is 2. The van der Waals surface area contributed by atoms with Gasteiger partial charge in [-0.2, -0.15) is 8.42 Å². The molecule has 0 aromatic heterocycles. The van der Waals surface area contributed by atoms with Crippen LogP contribution in [0, 0.1) is 5.41 Å². The summed E-state index contributed by atoms with van der Waals surface area (Å²) in [6.45, 7) is 5.44. The Bertz CT molecular complexity index is 691. The summed E-state index contributed by atoms with van der Waals surface area (Å²) in [4.78, 5) is 0. The second kappa shape index (κ2) is 4.62. The molecule has 0 bridgehead atoms. The average molecular weight is 278 g/mol. The molecule has 0 fully saturated rings. The van der Waals surface area contributed by atoms with Crippen molar-refractivity contribution < 1.29 is 13.0 Å². The van der Waals surface area contributed by atoms with Crippen LogP contribution in [0.25, 0.3) is 10.8 Å². The molecule has 0 aliphatic carbocycles. The van der Waals surface area contributed by atoms with Crippen LogP contribution in [0.4, 0.5) is 0 Å². The van der Waals surface area contributed by atoms with Crippen molar-refractivity contribution >= 4 is 20.9 Å². The smallest absolute Gasteiger partial charge is 0.272 e. The van der Waals surface area contributed by atoms with Gasteiger partial charge in [0.1, 0.15) is 5.25 Å². The van der Waals surface area contributed by atoms with Crippen LogP contribution in [-0.4, -0.2) is 13.0 Å². The van der Waals surface area contributed by atoms with Gasteiger partial charge < -0.3 is 0 Å². The number of hydrogen-bond acceptors (Lipinski definition) is 2. The van der Waals surface area contributed by atoms with Gasteiger partial charge in [-0.25, -0.2) is 0 Å². The topological polar surface area (TPSA) is 54.4 Å². The third-order valence-electron chi connectivity index (χ3n) is 3.19. The highest BCUT2D eigenvalue weighted by atomic mass is 32.2. The number of hydrogen-bond donors (Lipinski definition) is 1. The molecule has 102 valence electrons. The minimum absolute atomic E-state index is 0.586. The van der Waals surface area contributed by atoms with Gasteiger partial charge in [-0.1, -0.05) is 63.2 Å². The van der Waals surface area contributed by atoms with Gasteiger partial charge in [-0.15, -0.1) is 0 Å². The maximum atomic E-state index is 11.8. The quantitative estimate of drug-likeness (QED) is 0.850. The van der Waals surface area contributed by atoms with E-state index in [1.165, 1.54) is 0 Å². The summed E-state index contributed by atoms with van der Waals surface area (Å²) in [5, 5.41) is 0.895. The Hall–Kier alpha value is -1.39. The van der Waals surface area contributed by atoms with E-state index >= 15 is 0 Å². The van der Waals surface area contributed by atoms with E-state index in [2.05, 4.69) is 0 Å². The van der Waals surface area contributed by atoms with Crippen molar-refractivity contribution in [1.82, 2.24) is 0 Å². The lowest BCUT2D eigenvalue weighted by molar-refractivity contribution is 0.356. The van der Waals surface area contributed by atoms with Crippen molar-refractivity contribution in [2.75, 3.05) is 0 Å². The van der Waals surface area contributed by atoms with Crippen LogP contribution < -0.4 is 0 Å². The van der Waals surface area contributed by atoms with Crippen LogP contribution in [0.1, 0.15) is 31.6 Å². The van der Waals surface area contributed by atoms with Gasteiger partial charge in [0.05, 0.1) is 0 Å². The molecule has 0 spiro atoms. The standard InChI is InChI=1S/C15H18O3S/c1-15(2,3)14(19(16,17)18)13-10-6-8-11-7-4-5-9-12(11)13/h4-10,14H,1-3H3,(H,16,17,18). The zero-order chi connectivity index (χ0) is 14.3. The molecule has 0 radical (unpaired) electrons. The molecule has 2 aromatic rings. The molecule has 19 heavy (non-hydrogen) atoms. The van der Waals surface area contributed by atoms with E-state index in [4.69, 9.17) is 0 Å². The lowest BCUT2D eigenvalue weighted by atomic mass is 9.85. The van der Waals surface area contributed by atoms with Gasteiger partial charge in [0, 0.05) is 0 Å². The second-order valence-electron chi connectivity index (χ2n) is 5.83. The average Bonchev–Trinajstić information content (AvgIpc) is 2.25. The van der Waals surface area contributed by atoms with Crippen molar-refractivity contribution in [3.63, 3.8) is 0 Å². The molecule has 1 unspecified atom stereocenters. The van der Waals surface area contributed by atoms with Crippen LogP contribution in [0.3, 0.4) is 0 Å². The summed E-state index contributed by atoms with van der Waals surface area (Å²) < 4.78 is 33.2. The van der Waals surface area contributed by atoms with Gasteiger partial charge in [-0.05, 0) is 21.8 Å². The first kappa shape index (κ1) is 14.0. The number of benzene rings is 2. The van der Waals surface area contributed by atoms with Crippen LogP contribution >= 0.6 is 0 Å². The van der Waals surface area contributed by atoms with Crippen molar-refractivity contribution in [3.8, 4) is 0 Å². The second-order valence-corrected chi connectivity index (χ2v) is 7.33. The Morgan fingerprint density at radius 1 is 1.00 bits per heavy atom. The van der Waals surface area contributed by atoms with Crippen molar-refractivity contribution in [3.05, 3.63) is 48.0 Å². The van der Waals surface area contributed by atoms with E-state index in [-0.39, 0.29) is 0 Å². The lowest BCUT2D eigenvalue weighted by Gasteiger charge is -2.29. The molecule has 2 aromatic carbocycles. The van der Waals surface area contributed by atoms with Crippen LogP contribution in [-0.2, 0) is 10.1 Å². The molecule has 0 saturated heterocycles. The fourth-order valence-electron chi connectivity index (χ4n) is 2.55. The van der Waals surface area contributed by atoms with Crippen LogP contribution in [0.2, 0.25) is 0 Å². The third kappa shape index (κ3) is 2.80. The Labute approximate surface area is 114 Å². The summed E-state index contributed by atoms with van der Waals surface area (Å²) in [6, 6.07) is 13.1. The molecule has 3 nitrogen and oxygen atoms in total. The maximum Gasteiger partial charge on any atom is 0.272 e. The molecular formula is C15H18O3S. The normalized spacial score (nSPS) is 14.5. The van der Waals surface area contributed by atoms with E-state index in [9.17, 15) is 13.0 Å². The first-order chi connectivity index (χ1) is 8.71. The SMILES string of the molecule is CC(C)(C)C(c1cccc2ccccc12)S(=O)(=O)O. The lowest BCUT2D eigenvalue weighted by Crippen LogP contribution is -2.26. The number of fused-ring (bicyclic) bond motifs is 1. The molecule has 0 saturated carbocycles. The highest BCUT2D eigenvalue weighted by Crippen LogP contribution is 2.41. The summed E-state index contributed by atoms with van der Waals surface area (Å²) in [7, 11) is -4.17. The fraction of sp³-hybridized carbons (Fsp3) is 0.333. The molecule has 2 rings (SSSR count). The first-order valence-electron chi connectivity index (χ1n) is 6.15. The van der Waals surface area contributed by atoms with E-state index in [1.807, 2.05) is 57.2 Å². The third-order valence-corrected chi connectivity index (χ3v) is 4.75. The highest BCUT2D eigenvalue weighted by molar-refractivity contribution is 7.86. The van der Waals surface area contributed by atoms with Gasteiger partial charge in [0.2, 0.25) is 0 Å². The van der Waals surface area contributed by atoms with Crippen molar-refractivity contribution in [1.29, 1.82) is 0 Å². The molecule has 4 heteroatoms. The fourth-order valence-corrected chi connectivity index (χ4v) is 3.97. The Balaban J connectivity index is 2.78. The van der Waals surface area contributed by atoms with E-state index in [1.54, 1.807) is 6.07 Å². The monoisotopic (exact) mass is 278 g/mol. The van der Waals surface area contributed by atoms with Crippen LogP contribution in [0.5, 0.6) is 0 Å². The predicted octanol–water partition coefficient (Wildman–Crippen LogP) is 3.81. The molecule has 1 atom stereocenters. The van der Waals surface area contributed by atoms with E-state index in [0.29, 0.717) is 5.56 Å². The molecule has 1 N–H and O–H groups in total. The van der Waals surface area contributed by atoms with Gasteiger partial charge >= 0.3 is 0 Å². The molecular weight excluding hydrogens is 260 g/mol. The summed E-state index contributed by atoms with van der Waals surface area (Å²) in [5.41, 5.74) is 0.0608. The predicted molar refractivity (Wildman–Crippen MR) is 77.7 cm³/mol. The Morgan fingerprint density at radius 2 is 1.58 bits per heavy atom. The zero-order valence-electron chi connectivity index (χ0n) is 11.3. The summed E-state index contributed by atoms with van der Waals surface area (Å²) in [5.74, 6) is 0. The van der Waals surface area contributed by atoms with Crippen molar-refractivity contribution in [2.45, 2.75) is 26.0 Å². The maximum absolute atomic E-state index is 11.8. The Morgan fingerprint density at radius 3 is 2.16 bits per heavy atom. The van der Waals surface area contributed by atoms with Gasteiger partial charge in [-0.3, -0.25) is 4.55 Å². The molecule has 0 aliphatic rings. The van der Waals surface area contributed by atoms with Crippen LogP contribution in [0.15, 0.2) is 42.5 Å². The highest BCUT2D eigenvalue weighted by Gasteiger charge is 2.37. The largest absolute Gasteiger partial charge is 0.285 e.